The molecule has 9 nitrogen and oxygen atoms in total. The molecule has 2 rings (SSSR count). The molecule has 0 spiro atoms. The van der Waals surface area contributed by atoms with Gasteiger partial charge < -0.3 is 15.5 Å². The fourth-order valence-corrected chi connectivity index (χ4v) is 4.06. The lowest BCUT2D eigenvalue weighted by molar-refractivity contribution is -0.131. The number of nitrogens with zero attached hydrogens (tertiary/aromatic N) is 1. The van der Waals surface area contributed by atoms with Crippen molar-refractivity contribution in [1.29, 1.82) is 0 Å². The van der Waals surface area contributed by atoms with Gasteiger partial charge in [0, 0.05) is 38.8 Å². The van der Waals surface area contributed by atoms with Crippen LogP contribution in [0.3, 0.4) is 0 Å². The van der Waals surface area contributed by atoms with Crippen molar-refractivity contribution in [2.24, 2.45) is 0 Å². The van der Waals surface area contributed by atoms with Crippen LogP contribution in [0.25, 0.3) is 0 Å². The number of hydrogen-bond acceptors (Lipinski definition) is 5. The number of carbonyl (C=O) groups excluding carboxylic acids is 3. The lowest BCUT2D eigenvalue weighted by Crippen LogP contribution is -2.45. The van der Waals surface area contributed by atoms with Crippen molar-refractivity contribution >= 4 is 33.4 Å². The average Bonchev–Trinajstić information content (AvgIpc) is 2.72. The number of nitrogens with one attached hydrogen (secondary N) is 3. The normalized spacial score (nSPS) is 12.0. The number of hydrogen-bond donors (Lipinski definition) is 3. The second-order valence-corrected chi connectivity index (χ2v) is 8.73. The third-order valence-electron chi connectivity index (χ3n) is 4.43. The van der Waals surface area contributed by atoms with E-state index < -0.39 is 22.0 Å². The Morgan fingerprint density at radius 2 is 1.58 bits per heavy atom. The minimum absolute atomic E-state index is 0.0197. The Balaban J connectivity index is 2.01. The van der Waals surface area contributed by atoms with Crippen molar-refractivity contribution in [1.82, 2.24) is 14.9 Å². The van der Waals surface area contributed by atoms with Gasteiger partial charge in [0.05, 0.1) is 10.9 Å². The van der Waals surface area contributed by atoms with Gasteiger partial charge in [0.1, 0.15) is 0 Å². The summed E-state index contributed by atoms with van der Waals surface area (Å²) >= 11 is 0. The second kappa shape index (κ2) is 10.2. The molecule has 0 aliphatic heterocycles. The van der Waals surface area contributed by atoms with Crippen molar-refractivity contribution in [3.05, 3.63) is 59.7 Å². The van der Waals surface area contributed by atoms with Gasteiger partial charge in [-0.1, -0.05) is 12.1 Å². The molecular formula is C21H26N4O5S. The molecule has 10 heteroatoms. The number of rotatable bonds is 8. The molecule has 0 aromatic heterocycles. The lowest BCUT2D eigenvalue weighted by Gasteiger charge is -2.22. The van der Waals surface area contributed by atoms with Crippen molar-refractivity contribution in [3.63, 3.8) is 0 Å². The van der Waals surface area contributed by atoms with E-state index in [2.05, 4.69) is 15.4 Å². The third-order valence-corrected chi connectivity index (χ3v) is 5.98. The molecule has 0 saturated carbocycles. The molecule has 0 radical (unpaired) electrons. The highest BCUT2D eigenvalue weighted by Gasteiger charge is 2.24. The Morgan fingerprint density at radius 1 is 1.00 bits per heavy atom. The van der Waals surface area contributed by atoms with E-state index in [1.54, 1.807) is 38.4 Å². The molecule has 0 fully saturated rings. The minimum atomic E-state index is -3.93. The summed E-state index contributed by atoms with van der Waals surface area (Å²) in [6.45, 7) is 3.08. The number of amides is 3. The molecule has 0 bridgehead atoms. The molecule has 3 amide bonds. The standard InChI is InChI=1S/C21H26N4O5S/c1-14(24-31(29,30)19-11-9-18(10-12-19)23-15(2)26)21(28)25(4)13-16-5-7-17(8-6-16)20(27)22-3/h5-12,14,24H,13H2,1-4H3,(H,22,27)(H,23,26)/t14-/m0/s1. The highest BCUT2D eigenvalue weighted by atomic mass is 32.2. The molecule has 0 aliphatic carbocycles. The van der Waals surface area contributed by atoms with Crippen molar-refractivity contribution in [2.45, 2.75) is 31.3 Å². The van der Waals surface area contributed by atoms with Gasteiger partial charge in [-0.15, -0.1) is 0 Å². The highest BCUT2D eigenvalue weighted by molar-refractivity contribution is 7.89. The molecule has 1 atom stereocenters. The topological polar surface area (TPSA) is 125 Å². The molecule has 0 heterocycles. The molecular weight excluding hydrogens is 420 g/mol. The van der Waals surface area contributed by atoms with Gasteiger partial charge >= 0.3 is 0 Å². The Bertz CT molecular complexity index is 1050. The lowest BCUT2D eigenvalue weighted by atomic mass is 10.1. The van der Waals surface area contributed by atoms with E-state index in [1.807, 2.05) is 0 Å². The van der Waals surface area contributed by atoms with Crippen molar-refractivity contribution in [2.75, 3.05) is 19.4 Å². The Morgan fingerprint density at radius 3 is 2.10 bits per heavy atom. The maximum Gasteiger partial charge on any atom is 0.251 e. The van der Waals surface area contributed by atoms with Gasteiger partial charge in [0.2, 0.25) is 21.8 Å². The summed E-state index contributed by atoms with van der Waals surface area (Å²) in [6, 6.07) is 11.4. The zero-order chi connectivity index (χ0) is 23.2. The Labute approximate surface area is 181 Å². The molecule has 31 heavy (non-hydrogen) atoms. The number of carbonyl (C=O) groups is 3. The summed E-state index contributed by atoms with van der Waals surface area (Å²) < 4.78 is 27.5. The maximum atomic E-state index is 12.6. The monoisotopic (exact) mass is 446 g/mol. The zero-order valence-corrected chi connectivity index (χ0v) is 18.6. The van der Waals surface area contributed by atoms with E-state index in [-0.39, 0.29) is 23.3 Å². The average molecular weight is 447 g/mol. The SMILES string of the molecule is CNC(=O)c1ccc(CN(C)C(=O)[C@H](C)NS(=O)(=O)c2ccc(NC(C)=O)cc2)cc1. The molecule has 166 valence electrons. The van der Waals surface area contributed by atoms with Crippen LogP contribution in [0.2, 0.25) is 0 Å². The summed E-state index contributed by atoms with van der Waals surface area (Å²) in [6.07, 6.45) is 0. The Kier molecular flexibility index (Phi) is 7.89. The number of anilines is 1. The first-order chi connectivity index (χ1) is 14.5. The number of benzene rings is 2. The van der Waals surface area contributed by atoms with Crippen LogP contribution in [0.5, 0.6) is 0 Å². The third kappa shape index (κ3) is 6.63. The Hall–Kier alpha value is -3.24. The molecule has 0 unspecified atom stereocenters. The van der Waals surface area contributed by atoms with Crippen LogP contribution in [0.1, 0.15) is 29.8 Å². The van der Waals surface area contributed by atoms with Crippen LogP contribution in [-0.2, 0) is 26.2 Å². The van der Waals surface area contributed by atoms with Gasteiger partial charge in [-0.25, -0.2) is 8.42 Å². The van der Waals surface area contributed by atoms with Crippen LogP contribution < -0.4 is 15.4 Å². The molecule has 3 N–H and O–H groups in total. The van der Waals surface area contributed by atoms with Crippen LogP contribution in [-0.4, -0.2) is 51.2 Å². The first-order valence-corrected chi connectivity index (χ1v) is 11.0. The quantitative estimate of drug-likeness (QED) is 0.564. The number of sulfonamides is 1. The first kappa shape index (κ1) is 24.0. The predicted octanol–water partition coefficient (Wildman–Crippen LogP) is 1.33. The number of likely N-dealkylation sites (N-methyl/N-ethyl adjacent to an activating group) is 1. The minimum Gasteiger partial charge on any atom is -0.355 e. The summed E-state index contributed by atoms with van der Waals surface area (Å²) in [5.41, 5.74) is 1.77. The zero-order valence-electron chi connectivity index (χ0n) is 17.8. The smallest absolute Gasteiger partial charge is 0.251 e. The van der Waals surface area contributed by atoms with E-state index in [1.165, 1.54) is 43.0 Å². The van der Waals surface area contributed by atoms with Crippen LogP contribution in [0, 0.1) is 0 Å². The predicted molar refractivity (Wildman–Crippen MR) is 117 cm³/mol. The largest absolute Gasteiger partial charge is 0.355 e. The molecule has 0 saturated heterocycles. The van der Waals surface area contributed by atoms with E-state index >= 15 is 0 Å². The van der Waals surface area contributed by atoms with Gasteiger partial charge in [0.15, 0.2) is 0 Å². The van der Waals surface area contributed by atoms with Crippen LogP contribution in [0.15, 0.2) is 53.4 Å². The van der Waals surface area contributed by atoms with Gasteiger partial charge in [0.25, 0.3) is 5.91 Å². The summed E-state index contributed by atoms with van der Waals surface area (Å²) in [5.74, 6) is -0.878. The first-order valence-electron chi connectivity index (χ1n) is 9.49. The second-order valence-electron chi connectivity index (χ2n) is 7.02. The van der Waals surface area contributed by atoms with Crippen molar-refractivity contribution < 1.29 is 22.8 Å². The van der Waals surface area contributed by atoms with Gasteiger partial charge in [-0.05, 0) is 48.9 Å². The van der Waals surface area contributed by atoms with E-state index in [4.69, 9.17) is 0 Å². The van der Waals surface area contributed by atoms with Crippen molar-refractivity contribution in [3.8, 4) is 0 Å². The van der Waals surface area contributed by atoms with E-state index in [9.17, 15) is 22.8 Å². The summed E-state index contributed by atoms with van der Waals surface area (Å²) in [5, 5.41) is 5.09. The fourth-order valence-electron chi connectivity index (χ4n) is 2.86. The highest BCUT2D eigenvalue weighted by Crippen LogP contribution is 2.15. The van der Waals surface area contributed by atoms with E-state index in [0.29, 0.717) is 11.3 Å². The van der Waals surface area contributed by atoms with Gasteiger partial charge in [-0.3, -0.25) is 14.4 Å². The van der Waals surface area contributed by atoms with Gasteiger partial charge in [-0.2, -0.15) is 4.72 Å². The fraction of sp³-hybridized carbons (Fsp3) is 0.286. The summed E-state index contributed by atoms with van der Waals surface area (Å²) in [7, 11) is -0.813. The summed E-state index contributed by atoms with van der Waals surface area (Å²) in [4.78, 5) is 36.7. The molecule has 2 aromatic rings. The van der Waals surface area contributed by atoms with Crippen LogP contribution in [0.4, 0.5) is 5.69 Å². The maximum absolute atomic E-state index is 12.6. The molecule has 0 aliphatic rings. The van der Waals surface area contributed by atoms with Crippen LogP contribution >= 0.6 is 0 Å². The van der Waals surface area contributed by atoms with E-state index in [0.717, 1.165) is 5.56 Å². The molecule has 2 aromatic carbocycles.